The van der Waals surface area contributed by atoms with Gasteiger partial charge in [0.15, 0.2) is 0 Å². The van der Waals surface area contributed by atoms with Gasteiger partial charge in [0.25, 0.3) is 0 Å². The molecular formula is C17H22N4O. The minimum Gasteiger partial charge on any atom is -0.383 e. The lowest BCUT2D eigenvalue weighted by molar-refractivity contribution is 0.210. The number of hydrogen-bond acceptors (Lipinski definition) is 5. The van der Waals surface area contributed by atoms with Crippen LogP contribution in [0.2, 0.25) is 0 Å². The summed E-state index contributed by atoms with van der Waals surface area (Å²) in [5.41, 5.74) is 3.78. The molecule has 5 nitrogen and oxygen atoms in total. The van der Waals surface area contributed by atoms with Crippen LogP contribution in [0.5, 0.6) is 0 Å². The highest BCUT2D eigenvalue weighted by Crippen LogP contribution is 2.23. The quantitative estimate of drug-likeness (QED) is 0.859. The number of rotatable bonds is 5. The van der Waals surface area contributed by atoms with Gasteiger partial charge in [0, 0.05) is 38.5 Å². The third kappa shape index (κ3) is 3.36. The third-order valence-electron chi connectivity index (χ3n) is 3.87. The fourth-order valence-corrected chi connectivity index (χ4v) is 2.73. The van der Waals surface area contributed by atoms with E-state index in [2.05, 4.69) is 44.5 Å². The molecule has 0 fully saturated rings. The Morgan fingerprint density at radius 2 is 2.05 bits per heavy atom. The predicted molar refractivity (Wildman–Crippen MR) is 88.3 cm³/mol. The Bertz CT molecular complexity index is 644. The summed E-state index contributed by atoms with van der Waals surface area (Å²) in [4.78, 5) is 11.5. The Morgan fingerprint density at radius 3 is 2.86 bits per heavy atom. The van der Waals surface area contributed by atoms with Gasteiger partial charge in [-0.3, -0.25) is 0 Å². The van der Waals surface area contributed by atoms with Gasteiger partial charge in [0.1, 0.15) is 5.82 Å². The zero-order valence-corrected chi connectivity index (χ0v) is 13.2. The molecule has 0 saturated heterocycles. The molecule has 3 rings (SSSR count). The highest BCUT2D eigenvalue weighted by atomic mass is 16.5. The van der Waals surface area contributed by atoms with Gasteiger partial charge in [-0.15, -0.1) is 0 Å². The fourth-order valence-electron chi connectivity index (χ4n) is 2.73. The van der Waals surface area contributed by atoms with Crippen molar-refractivity contribution in [3.05, 3.63) is 47.2 Å². The first-order chi connectivity index (χ1) is 10.8. The van der Waals surface area contributed by atoms with Gasteiger partial charge in [0.2, 0.25) is 5.95 Å². The molecule has 0 saturated carbocycles. The third-order valence-corrected chi connectivity index (χ3v) is 3.87. The lowest BCUT2D eigenvalue weighted by Crippen LogP contribution is -2.32. The summed E-state index contributed by atoms with van der Waals surface area (Å²) in [6.45, 7) is 5.24. The Labute approximate surface area is 131 Å². The molecule has 0 unspecified atom stereocenters. The van der Waals surface area contributed by atoms with E-state index in [4.69, 9.17) is 4.74 Å². The number of hydrogen-bond donors (Lipinski definition) is 1. The van der Waals surface area contributed by atoms with Crippen LogP contribution in [0.3, 0.4) is 0 Å². The number of aryl methyl sites for hydroxylation is 1. The largest absolute Gasteiger partial charge is 0.383 e. The molecule has 0 radical (unpaired) electrons. The molecule has 0 bridgehead atoms. The van der Waals surface area contributed by atoms with E-state index < -0.39 is 0 Å². The van der Waals surface area contributed by atoms with Gasteiger partial charge < -0.3 is 15.0 Å². The van der Waals surface area contributed by atoms with Crippen LogP contribution < -0.4 is 10.2 Å². The molecule has 116 valence electrons. The lowest BCUT2D eigenvalue weighted by atomic mass is 10.0. The number of benzene rings is 1. The Hall–Kier alpha value is -2.14. The molecule has 5 heteroatoms. The number of methoxy groups -OCH3 is 1. The highest BCUT2D eigenvalue weighted by molar-refractivity contribution is 5.46. The van der Waals surface area contributed by atoms with E-state index in [-0.39, 0.29) is 0 Å². The Kier molecular flexibility index (Phi) is 4.53. The second-order valence-corrected chi connectivity index (χ2v) is 5.55. The number of fused-ring (bicyclic) bond motifs is 1. The molecule has 1 aliphatic rings. The smallest absolute Gasteiger partial charge is 0.227 e. The first kappa shape index (κ1) is 14.8. The molecule has 22 heavy (non-hydrogen) atoms. The molecule has 0 amide bonds. The van der Waals surface area contributed by atoms with Crippen molar-refractivity contribution in [1.29, 1.82) is 0 Å². The van der Waals surface area contributed by atoms with E-state index in [0.29, 0.717) is 6.61 Å². The van der Waals surface area contributed by atoms with E-state index in [0.717, 1.165) is 43.5 Å². The Morgan fingerprint density at radius 1 is 1.23 bits per heavy atom. The average molecular weight is 298 g/mol. The zero-order valence-electron chi connectivity index (χ0n) is 13.2. The maximum absolute atomic E-state index is 5.06. The van der Waals surface area contributed by atoms with E-state index in [9.17, 15) is 0 Å². The summed E-state index contributed by atoms with van der Waals surface area (Å²) >= 11 is 0. The van der Waals surface area contributed by atoms with Crippen LogP contribution in [0.25, 0.3) is 0 Å². The molecular weight excluding hydrogens is 276 g/mol. The van der Waals surface area contributed by atoms with Gasteiger partial charge in [-0.1, -0.05) is 24.3 Å². The van der Waals surface area contributed by atoms with E-state index in [1.54, 1.807) is 7.11 Å². The zero-order chi connectivity index (χ0) is 15.4. The van der Waals surface area contributed by atoms with Crippen LogP contribution in [-0.2, 0) is 17.7 Å². The molecule has 1 aliphatic heterocycles. The SMILES string of the molecule is COCCNc1cc(C)nc(N2CCc3ccccc3C2)n1. The van der Waals surface area contributed by atoms with Crippen molar-refractivity contribution in [1.82, 2.24) is 9.97 Å². The van der Waals surface area contributed by atoms with Crippen LogP contribution >= 0.6 is 0 Å². The van der Waals surface area contributed by atoms with Crippen LogP contribution in [-0.4, -0.2) is 36.8 Å². The van der Waals surface area contributed by atoms with Crippen molar-refractivity contribution in [2.75, 3.05) is 37.0 Å². The molecule has 0 atom stereocenters. The summed E-state index contributed by atoms with van der Waals surface area (Å²) in [5, 5.41) is 3.28. The van der Waals surface area contributed by atoms with Crippen LogP contribution in [0.15, 0.2) is 30.3 Å². The monoisotopic (exact) mass is 298 g/mol. The minimum absolute atomic E-state index is 0.662. The molecule has 0 aliphatic carbocycles. The lowest BCUT2D eigenvalue weighted by Gasteiger charge is -2.29. The summed E-state index contributed by atoms with van der Waals surface area (Å²) in [5.74, 6) is 1.66. The van der Waals surface area contributed by atoms with E-state index >= 15 is 0 Å². The number of aromatic nitrogens is 2. The van der Waals surface area contributed by atoms with Crippen molar-refractivity contribution in [3.8, 4) is 0 Å². The highest BCUT2D eigenvalue weighted by Gasteiger charge is 2.18. The first-order valence-corrected chi connectivity index (χ1v) is 7.66. The second kappa shape index (κ2) is 6.75. The van der Waals surface area contributed by atoms with Gasteiger partial charge in [-0.25, -0.2) is 4.98 Å². The van der Waals surface area contributed by atoms with Crippen molar-refractivity contribution in [3.63, 3.8) is 0 Å². The van der Waals surface area contributed by atoms with E-state index in [1.165, 1.54) is 11.1 Å². The summed E-state index contributed by atoms with van der Waals surface area (Å²) in [6.07, 6.45) is 1.04. The van der Waals surface area contributed by atoms with Crippen molar-refractivity contribution >= 4 is 11.8 Å². The van der Waals surface area contributed by atoms with Gasteiger partial charge in [-0.05, 0) is 24.5 Å². The van der Waals surface area contributed by atoms with Gasteiger partial charge in [-0.2, -0.15) is 4.98 Å². The normalized spacial score (nSPS) is 13.8. The molecule has 1 N–H and O–H groups in total. The topological polar surface area (TPSA) is 50.3 Å². The van der Waals surface area contributed by atoms with E-state index in [1.807, 2.05) is 13.0 Å². The maximum Gasteiger partial charge on any atom is 0.227 e. The molecule has 1 aromatic heterocycles. The molecule has 2 heterocycles. The van der Waals surface area contributed by atoms with Crippen LogP contribution in [0.1, 0.15) is 16.8 Å². The van der Waals surface area contributed by atoms with Crippen molar-refractivity contribution in [2.24, 2.45) is 0 Å². The standard InChI is InChI=1S/C17H22N4O/c1-13-11-16(18-8-10-22-2)20-17(19-13)21-9-7-14-5-3-4-6-15(14)12-21/h3-6,11H,7-10,12H2,1-2H3,(H,18,19,20). The number of ether oxygens (including phenoxy) is 1. The molecule has 0 spiro atoms. The van der Waals surface area contributed by atoms with Crippen LogP contribution in [0.4, 0.5) is 11.8 Å². The number of nitrogens with one attached hydrogen (secondary N) is 1. The average Bonchev–Trinajstić information content (AvgIpc) is 2.54. The maximum atomic E-state index is 5.06. The van der Waals surface area contributed by atoms with Crippen molar-refractivity contribution < 1.29 is 4.74 Å². The fraction of sp³-hybridized carbons (Fsp3) is 0.412. The predicted octanol–water partition coefficient (Wildman–Crippen LogP) is 2.41. The summed E-state index contributed by atoms with van der Waals surface area (Å²) < 4.78 is 5.06. The van der Waals surface area contributed by atoms with Gasteiger partial charge in [0.05, 0.1) is 6.61 Å². The molecule has 2 aromatic rings. The number of nitrogens with zero attached hydrogens (tertiary/aromatic N) is 3. The minimum atomic E-state index is 0.662. The van der Waals surface area contributed by atoms with Crippen LogP contribution in [0, 0.1) is 6.92 Å². The van der Waals surface area contributed by atoms with Crippen molar-refractivity contribution in [2.45, 2.75) is 19.9 Å². The first-order valence-electron chi connectivity index (χ1n) is 7.66. The Balaban J connectivity index is 1.77. The summed E-state index contributed by atoms with van der Waals surface area (Å²) in [7, 11) is 1.70. The van der Waals surface area contributed by atoms with Gasteiger partial charge >= 0.3 is 0 Å². The second-order valence-electron chi connectivity index (χ2n) is 5.55. The summed E-state index contributed by atoms with van der Waals surface area (Å²) in [6, 6.07) is 10.6. The number of anilines is 2. The molecule has 1 aromatic carbocycles.